The number of benzene rings is 1. The molecule has 0 aliphatic rings. The Morgan fingerprint density at radius 1 is 1.09 bits per heavy atom. The van der Waals surface area contributed by atoms with Gasteiger partial charge in [0, 0.05) is 18.8 Å². The number of amides is 2. The monoisotopic (exact) mass is 465 g/mol. The molecule has 4 aromatic rings. The first kappa shape index (κ1) is 22.3. The van der Waals surface area contributed by atoms with E-state index in [1.807, 2.05) is 26.0 Å². The van der Waals surface area contributed by atoms with Crippen LogP contribution in [0.1, 0.15) is 52.0 Å². The molecule has 0 saturated heterocycles. The lowest BCUT2D eigenvalue weighted by molar-refractivity contribution is 0.0935. The number of carbonyl (C=O) groups is 2. The van der Waals surface area contributed by atoms with Crippen molar-refractivity contribution in [2.45, 2.75) is 32.9 Å². The third kappa shape index (κ3) is 4.98. The SMILES string of the molecule is CC(C)Oc1cccc(NC(=O)c2cnc(C(C)NC(=O)c3ncnc4c3cnn4C)s2)c1. The number of ether oxygens (including phenoxy) is 1. The fourth-order valence-electron chi connectivity index (χ4n) is 3.17. The molecule has 0 radical (unpaired) electrons. The van der Waals surface area contributed by atoms with Gasteiger partial charge >= 0.3 is 0 Å². The van der Waals surface area contributed by atoms with Gasteiger partial charge in [0.15, 0.2) is 5.65 Å². The van der Waals surface area contributed by atoms with Gasteiger partial charge in [-0.1, -0.05) is 6.07 Å². The predicted octanol–water partition coefficient (Wildman–Crippen LogP) is 3.35. The van der Waals surface area contributed by atoms with Crippen molar-refractivity contribution in [2.24, 2.45) is 7.05 Å². The van der Waals surface area contributed by atoms with Crippen molar-refractivity contribution < 1.29 is 14.3 Å². The van der Waals surface area contributed by atoms with Crippen LogP contribution in [-0.4, -0.2) is 42.7 Å². The minimum Gasteiger partial charge on any atom is -0.491 e. The van der Waals surface area contributed by atoms with Gasteiger partial charge in [0.05, 0.1) is 29.9 Å². The second kappa shape index (κ2) is 9.33. The molecule has 170 valence electrons. The summed E-state index contributed by atoms with van der Waals surface area (Å²) in [7, 11) is 1.75. The Kier molecular flexibility index (Phi) is 6.31. The molecule has 3 heterocycles. The van der Waals surface area contributed by atoms with Crippen LogP contribution in [0.2, 0.25) is 0 Å². The predicted molar refractivity (Wildman–Crippen MR) is 124 cm³/mol. The first-order valence-electron chi connectivity index (χ1n) is 10.3. The minimum absolute atomic E-state index is 0.0355. The van der Waals surface area contributed by atoms with Crippen molar-refractivity contribution in [2.75, 3.05) is 5.32 Å². The van der Waals surface area contributed by atoms with Crippen molar-refractivity contribution in [1.29, 1.82) is 0 Å². The summed E-state index contributed by atoms with van der Waals surface area (Å²) in [5.74, 6) is 0.0227. The Bertz CT molecular complexity index is 1310. The van der Waals surface area contributed by atoms with Crippen LogP contribution in [0.15, 0.2) is 43.0 Å². The lowest BCUT2D eigenvalue weighted by Crippen LogP contribution is -2.27. The molecule has 0 spiro atoms. The van der Waals surface area contributed by atoms with Crippen LogP contribution in [0.5, 0.6) is 5.75 Å². The molecule has 2 amide bonds. The smallest absolute Gasteiger partial charge is 0.271 e. The first-order valence-corrected chi connectivity index (χ1v) is 11.1. The van der Waals surface area contributed by atoms with E-state index in [1.165, 1.54) is 23.9 Å². The standard InChI is InChI=1S/C22H23N7O3S/c1-12(2)32-15-7-5-6-14(8-15)28-20(30)17-10-23-22(33-17)13(3)27-21(31)18-16-9-26-29(4)19(16)25-11-24-18/h5-13H,1-4H3,(H,27,31)(H,28,30). The van der Waals surface area contributed by atoms with Crippen LogP contribution >= 0.6 is 11.3 Å². The van der Waals surface area contributed by atoms with E-state index in [0.717, 1.165) is 0 Å². The molecule has 33 heavy (non-hydrogen) atoms. The number of carbonyl (C=O) groups excluding carboxylic acids is 2. The lowest BCUT2D eigenvalue weighted by Gasteiger charge is -2.11. The van der Waals surface area contributed by atoms with E-state index in [9.17, 15) is 9.59 Å². The molecule has 0 aliphatic heterocycles. The summed E-state index contributed by atoms with van der Waals surface area (Å²) in [6.07, 6.45) is 4.42. The highest BCUT2D eigenvalue weighted by Gasteiger charge is 2.20. The summed E-state index contributed by atoms with van der Waals surface area (Å²) in [6.45, 7) is 5.68. The molecule has 0 saturated carbocycles. The van der Waals surface area contributed by atoms with Gasteiger partial charge < -0.3 is 15.4 Å². The maximum Gasteiger partial charge on any atom is 0.271 e. The highest BCUT2D eigenvalue weighted by molar-refractivity contribution is 7.13. The summed E-state index contributed by atoms with van der Waals surface area (Å²) in [5.41, 5.74) is 1.43. The van der Waals surface area contributed by atoms with E-state index in [1.54, 1.807) is 37.0 Å². The van der Waals surface area contributed by atoms with Crippen LogP contribution < -0.4 is 15.4 Å². The number of hydrogen-bond donors (Lipinski definition) is 2. The quantitative estimate of drug-likeness (QED) is 0.429. The molecule has 11 heteroatoms. The highest BCUT2D eigenvalue weighted by atomic mass is 32.1. The molecule has 4 rings (SSSR count). The summed E-state index contributed by atoms with van der Waals surface area (Å²) < 4.78 is 7.24. The summed E-state index contributed by atoms with van der Waals surface area (Å²) >= 11 is 1.21. The second-order valence-electron chi connectivity index (χ2n) is 7.63. The summed E-state index contributed by atoms with van der Waals surface area (Å²) in [6, 6.07) is 6.78. The molecule has 0 fully saturated rings. The van der Waals surface area contributed by atoms with E-state index in [2.05, 4.69) is 30.7 Å². The van der Waals surface area contributed by atoms with E-state index < -0.39 is 6.04 Å². The molecule has 1 atom stereocenters. The zero-order valence-electron chi connectivity index (χ0n) is 18.6. The third-order valence-electron chi connectivity index (χ3n) is 4.67. The third-order valence-corrected chi connectivity index (χ3v) is 5.85. The summed E-state index contributed by atoms with van der Waals surface area (Å²) in [5, 5.41) is 11.0. The maximum atomic E-state index is 12.8. The van der Waals surface area contributed by atoms with Gasteiger partial charge in [-0.15, -0.1) is 11.3 Å². The Labute approximate surface area is 194 Å². The highest BCUT2D eigenvalue weighted by Crippen LogP contribution is 2.24. The number of nitrogens with one attached hydrogen (secondary N) is 2. The van der Waals surface area contributed by atoms with E-state index in [-0.39, 0.29) is 23.6 Å². The van der Waals surface area contributed by atoms with Crippen LogP contribution in [0, 0.1) is 0 Å². The number of hydrogen-bond acceptors (Lipinski definition) is 8. The van der Waals surface area contributed by atoms with E-state index in [0.29, 0.717) is 32.4 Å². The van der Waals surface area contributed by atoms with Gasteiger partial charge in [-0.2, -0.15) is 5.10 Å². The first-order chi connectivity index (χ1) is 15.8. The lowest BCUT2D eigenvalue weighted by atomic mass is 10.2. The zero-order chi connectivity index (χ0) is 23.5. The molecule has 1 aromatic carbocycles. The van der Waals surface area contributed by atoms with Gasteiger partial charge in [-0.25, -0.2) is 15.0 Å². The Balaban J connectivity index is 1.43. The minimum atomic E-state index is -0.423. The number of rotatable bonds is 7. The summed E-state index contributed by atoms with van der Waals surface area (Å²) in [4.78, 5) is 38.5. The zero-order valence-corrected chi connectivity index (χ0v) is 19.4. The van der Waals surface area contributed by atoms with Crippen LogP contribution in [0.4, 0.5) is 5.69 Å². The molecule has 0 bridgehead atoms. The van der Waals surface area contributed by atoms with Gasteiger partial charge in [0.1, 0.15) is 27.7 Å². The largest absolute Gasteiger partial charge is 0.491 e. The van der Waals surface area contributed by atoms with Gasteiger partial charge in [-0.05, 0) is 32.9 Å². The molecule has 2 N–H and O–H groups in total. The number of aryl methyl sites for hydroxylation is 1. The number of aromatic nitrogens is 5. The Morgan fingerprint density at radius 2 is 1.91 bits per heavy atom. The normalized spacial score (nSPS) is 12.0. The van der Waals surface area contributed by atoms with Gasteiger partial charge in [0.2, 0.25) is 0 Å². The van der Waals surface area contributed by atoms with E-state index >= 15 is 0 Å². The number of fused-ring (bicyclic) bond motifs is 1. The molecule has 0 aliphatic carbocycles. The molecule has 1 unspecified atom stereocenters. The molecular formula is C22H23N7O3S. The van der Waals surface area contributed by atoms with Crippen molar-refractivity contribution in [3.63, 3.8) is 0 Å². The fraction of sp³-hybridized carbons (Fsp3) is 0.273. The van der Waals surface area contributed by atoms with Crippen LogP contribution in [0.25, 0.3) is 11.0 Å². The van der Waals surface area contributed by atoms with Crippen LogP contribution in [-0.2, 0) is 7.05 Å². The van der Waals surface area contributed by atoms with Crippen molar-refractivity contribution >= 4 is 39.9 Å². The van der Waals surface area contributed by atoms with Gasteiger partial charge in [0.25, 0.3) is 11.8 Å². The van der Waals surface area contributed by atoms with Crippen molar-refractivity contribution in [1.82, 2.24) is 30.0 Å². The Morgan fingerprint density at radius 3 is 2.70 bits per heavy atom. The second-order valence-corrected chi connectivity index (χ2v) is 8.70. The molecule has 10 nitrogen and oxygen atoms in total. The Hall–Kier alpha value is -3.86. The number of thiazole rings is 1. The maximum absolute atomic E-state index is 12.8. The van der Waals surface area contributed by atoms with Crippen LogP contribution in [0.3, 0.4) is 0 Å². The molecular weight excluding hydrogens is 442 g/mol. The van der Waals surface area contributed by atoms with Crippen molar-refractivity contribution in [3.05, 3.63) is 58.6 Å². The average molecular weight is 466 g/mol. The van der Waals surface area contributed by atoms with E-state index in [4.69, 9.17) is 4.74 Å². The number of anilines is 1. The fourth-order valence-corrected chi connectivity index (χ4v) is 3.99. The topological polar surface area (TPSA) is 124 Å². The van der Waals surface area contributed by atoms with Gasteiger partial charge in [-0.3, -0.25) is 14.3 Å². The van der Waals surface area contributed by atoms with Crippen molar-refractivity contribution in [3.8, 4) is 5.75 Å². The number of nitrogens with zero attached hydrogens (tertiary/aromatic N) is 5. The molecule has 3 aromatic heterocycles. The average Bonchev–Trinajstić information content (AvgIpc) is 3.41.